The Kier molecular flexibility index (Phi) is 9.28. The van der Waals surface area contributed by atoms with Crippen molar-refractivity contribution in [1.29, 1.82) is 0 Å². The molecule has 2 heterocycles. The van der Waals surface area contributed by atoms with E-state index in [0.717, 1.165) is 55.1 Å². The van der Waals surface area contributed by atoms with Crippen molar-refractivity contribution in [2.75, 3.05) is 0 Å². The second-order valence-corrected chi connectivity index (χ2v) is 13.2. The fourth-order valence-electron chi connectivity index (χ4n) is 7.14. The Labute approximate surface area is 322 Å². The van der Waals surface area contributed by atoms with Crippen molar-refractivity contribution >= 4 is 21.5 Å². The Morgan fingerprint density at radius 3 is 1.51 bits per heavy atom. The zero-order valence-corrected chi connectivity index (χ0v) is 31.6. The number of pyridine rings is 1. The van der Waals surface area contributed by atoms with E-state index in [0.29, 0.717) is 17.5 Å². The van der Waals surface area contributed by atoms with E-state index in [2.05, 4.69) is 166 Å². The molecule has 0 amide bonds. The number of aryl methyl sites for hydroxylation is 2. The number of aromatic nitrogens is 4. The van der Waals surface area contributed by atoms with Crippen LogP contribution in [0.5, 0.6) is 0 Å². The van der Waals surface area contributed by atoms with E-state index in [-0.39, 0.29) is 20.1 Å². The first-order valence-corrected chi connectivity index (χ1v) is 17.5. The van der Waals surface area contributed by atoms with Gasteiger partial charge in [-0.1, -0.05) is 162 Å². The minimum Gasteiger partial charge on any atom is -0.304 e. The molecular formula is C48H33IrN4-. The van der Waals surface area contributed by atoms with Crippen LogP contribution in [0.2, 0.25) is 0 Å². The number of rotatable bonds is 6. The summed E-state index contributed by atoms with van der Waals surface area (Å²) in [6, 6.07) is 58.3. The molecule has 0 aliphatic rings. The minimum atomic E-state index is 0. The number of hydrogen-bond acceptors (Lipinski definition) is 4. The molecule has 1 radical (unpaired) electrons. The summed E-state index contributed by atoms with van der Waals surface area (Å²) in [6.07, 6.45) is 1.85. The van der Waals surface area contributed by atoms with Gasteiger partial charge < -0.3 is 4.98 Å². The monoisotopic (exact) mass is 858 g/mol. The maximum atomic E-state index is 5.08. The number of hydrogen-bond donors (Lipinski definition) is 0. The van der Waals surface area contributed by atoms with Crippen LogP contribution in [0.3, 0.4) is 0 Å². The van der Waals surface area contributed by atoms with Gasteiger partial charge in [-0.3, -0.25) is 0 Å². The fraction of sp³-hybridized carbons (Fsp3) is 0.0417. The number of fused-ring (bicyclic) bond motifs is 2. The second-order valence-electron chi connectivity index (χ2n) is 13.2. The van der Waals surface area contributed by atoms with E-state index >= 15 is 0 Å². The molecule has 0 atom stereocenters. The predicted molar refractivity (Wildman–Crippen MR) is 214 cm³/mol. The van der Waals surface area contributed by atoms with Gasteiger partial charge >= 0.3 is 0 Å². The maximum Gasteiger partial charge on any atom is 0.165 e. The molecule has 0 saturated carbocycles. The maximum absolute atomic E-state index is 5.08. The van der Waals surface area contributed by atoms with Crippen LogP contribution in [0, 0.1) is 19.9 Å². The Bertz CT molecular complexity index is 2630. The molecule has 0 unspecified atom stereocenters. The summed E-state index contributed by atoms with van der Waals surface area (Å²) in [5.41, 5.74) is 11.7. The molecule has 0 saturated heterocycles. The second kappa shape index (κ2) is 14.5. The van der Waals surface area contributed by atoms with Crippen LogP contribution >= 0.6 is 0 Å². The molecule has 4 nitrogen and oxygen atoms in total. The van der Waals surface area contributed by atoms with Gasteiger partial charge in [-0.2, -0.15) is 0 Å². The molecule has 53 heavy (non-hydrogen) atoms. The Morgan fingerprint density at radius 1 is 0.434 bits per heavy atom. The van der Waals surface area contributed by atoms with Crippen molar-refractivity contribution in [3.8, 4) is 67.7 Å². The van der Waals surface area contributed by atoms with Crippen LogP contribution in [0.4, 0.5) is 0 Å². The first kappa shape index (κ1) is 34.0. The molecule has 7 aromatic carbocycles. The Hall–Kier alpha value is -6.13. The summed E-state index contributed by atoms with van der Waals surface area (Å²) in [4.78, 5) is 20.1. The van der Waals surface area contributed by atoms with Crippen molar-refractivity contribution in [3.63, 3.8) is 0 Å². The predicted octanol–water partition coefficient (Wildman–Crippen LogP) is 12.0. The first-order valence-electron chi connectivity index (χ1n) is 17.5. The summed E-state index contributed by atoms with van der Waals surface area (Å²) in [7, 11) is 0. The largest absolute Gasteiger partial charge is 0.304 e. The number of nitrogens with zero attached hydrogens (tertiary/aromatic N) is 4. The third kappa shape index (κ3) is 6.69. The summed E-state index contributed by atoms with van der Waals surface area (Å²) in [5.74, 6) is 1.82. The van der Waals surface area contributed by atoms with Crippen LogP contribution in [0.25, 0.3) is 89.2 Å². The summed E-state index contributed by atoms with van der Waals surface area (Å²) in [6.45, 7) is 4.30. The quantitative estimate of drug-likeness (QED) is 0.156. The molecule has 0 spiro atoms. The fourth-order valence-corrected chi connectivity index (χ4v) is 7.14. The molecule has 2 aromatic heterocycles. The summed E-state index contributed by atoms with van der Waals surface area (Å²) in [5, 5.41) is 4.46. The summed E-state index contributed by atoms with van der Waals surface area (Å²) < 4.78 is 0. The van der Waals surface area contributed by atoms with E-state index in [1.54, 1.807) is 0 Å². The SMILES string of the molecule is Cc1cc(C)cc(-c2ccccc2-c2c[c-]c(-c3ccc(-c4nc(-c5cccc6ccccc56)nc(-c5cccc6ccccc56)n4)cn3)cc2)c1.[Ir]. The van der Waals surface area contributed by atoms with Gasteiger partial charge in [0.05, 0.1) is 0 Å². The third-order valence-electron chi connectivity index (χ3n) is 9.58. The molecule has 0 N–H and O–H groups in total. The Morgan fingerprint density at radius 2 is 0.943 bits per heavy atom. The Balaban J connectivity index is 0.00000400. The van der Waals surface area contributed by atoms with Crippen molar-refractivity contribution in [1.82, 2.24) is 19.9 Å². The van der Waals surface area contributed by atoms with Gasteiger partial charge in [0.1, 0.15) is 0 Å². The van der Waals surface area contributed by atoms with Crippen molar-refractivity contribution in [2.45, 2.75) is 13.8 Å². The zero-order valence-electron chi connectivity index (χ0n) is 29.2. The molecular weight excluding hydrogens is 825 g/mol. The molecule has 0 fully saturated rings. The molecule has 0 bridgehead atoms. The molecule has 0 aliphatic carbocycles. The average molecular weight is 858 g/mol. The van der Waals surface area contributed by atoms with Gasteiger partial charge in [-0.25, -0.2) is 15.0 Å². The van der Waals surface area contributed by atoms with Crippen LogP contribution in [0.15, 0.2) is 164 Å². The smallest absolute Gasteiger partial charge is 0.165 e. The molecule has 9 rings (SSSR count). The van der Waals surface area contributed by atoms with Crippen molar-refractivity contribution < 1.29 is 20.1 Å². The van der Waals surface area contributed by atoms with E-state index < -0.39 is 0 Å². The zero-order chi connectivity index (χ0) is 35.0. The van der Waals surface area contributed by atoms with Crippen LogP contribution in [-0.2, 0) is 20.1 Å². The molecule has 9 aromatic rings. The summed E-state index contributed by atoms with van der Waals surface area (Å²) >= 11 is 0. The van der Waals surface area contributed by atoms with Gasteiger partial charge in [0.15, 0.2) is 17.5 Å². The standard InChI is InChI=1S/C48H33N4.Ir/c1-31-27-32(2)29-38(28-31)42-18-8-7-15-39(42)35-21-23-36(24-22-35)45-26-25-37(30-49-45)46-50-47(43-19-9-13-33-11-3-5-16-40(33)43)52-48(51-46)44-20-10-14-34-12-4-6-17-41(34)44;/h3-23,25-30H,1-2H3;/q-1;. The van der Waals surface area contributed by atoms with Gasteiger partial charge in [-0.15, -0.1) is 29.8 Å². The van der Waals surface area contributed by atoms with E-state index in [1.165, 1.54) is 27.8 Å². The topological polar surface area (TPSA) is 51.6 Å². The van der Waals surface area contributed by atoms with E-state index in [9.17, 15) is 0 Å². The molecule has 255 valence electrons. The van der Waals surface area contributed by atoms with Crippen LogP contribution < -0.4 is 0 Å². The molecule has 0 aliphatic heterocycles. The average Bonchev–Trinajstić information content (AvgIpc) is 3.20. The first-order chi connectivity index (χ1) is 25.6. The van der Waals surface area contributed by atoms with Crippen molar-refractivity contribution in [2.24, 2.45) is 0 Å². The van der Waals surface area contributed by atoms with Gasteiger partial charge in [0, 0.05) is 43.0 Å². The normalized spacial score (nSPS) is 11.1. The van der Waals surface area contributed by atoms with Crippen molar-refractivity contribution in [3.05, 3.63) is 181 Å². The minimum absolute atomic E-state index is 0. The third-order valence-corrected chi connectivity index (χ3v) is 9.58. The van der Waals surface area contributed by atoms with Gasteiger partial charge in [0.25, 0.3) is 0 Å². The van der Waals surface area contributed by atoms with Gasteiger partial charge in [0.2, 0.25) is 0 Å². The van der Waals surface area contributed by atoms with Crippen LogP contribution in [0.1, 0.15) is 11.1 Å². The van der Waals surface area contributed by atoms with Gasteiger partial charge in [-0.05, 0) is 52.2 Å². The van der Waals surface area contributed by atoms with E-state index in [4.69, 9.17) is 19.9 Å². The number of benzene rings is 7. The van der Waals surface area contributed by atoms with Crippen LogP contribution in [-0.4, -0.2) is 19.9 Å². The molecule has 5 heteroatoms. The van der Waals surface area contributed by atoms with E-state index in [1.807, 2.05) is 18.3 Å².